The van der Waals surface area contributed by atoms with Crippen molar-refractivity contribution in [3.05, 3.63) is 54.1 Å². The zero-order valence-electron chi connectivity index (χ0n) is 20.3. The molecule has 180 valence electrons. The van der Waals surface area contributed by atoms with Crippen LogP contribution in [0.3, 0.4) is 0 Å². The predicted molar refractivity (Wildman–Crippen MR) is 137 cm³/mol. The van der Waals surface area contributed by atoms with Crippen LogP contribution < -0.4 is 0 Å². The number of unbranched alkanes of at least 4 members (excludes halogenated alkanes) is 2. The van der Waals surface area contributed by atoms with Crippen LogP contribution in [0, 0.1) is 5.92 Å². The first-order chi connectivity index (χ1) is 16.1. The molecule has 2 rings (SSSR count). The van der Waals surface area contributed by atoms with Gasteiger partial charge in [0.25, 0.3) is 0 Å². The van der Waals surface area contributed by atoms with Gasteiger partial charge in [0.05, 0.1) is 25.2 Å². The second-order valence-corrected chi connectivity index (χ2v) is 9.47. The minimum absolute atomic E-state index is 0.157. The topological polar surface area (TPSA) is 52.6 Å². The number of benzene rings is 2. The van der Waals surface area contributed by atoms with Gasteiger partial charge in [-0.1, -0.05) is 76.8 Å². The Kier molecular flexibility index (Phi) is 12.7. The fourth-order valence-corrected chi connectivity index (χ4v) is 4.35. The highest BCUT2D eigenvalue weighted by Gasteiger charge is 2.13. The number of carbonyl (C=O) groups is 2. The standard InChI is InChI=1S/C28H38O4S/c1-4-7-12-22(6-3)21-32-27(29)15-17-33-26-19-24(23-13-10-9-11-14-23)18-25(20-26)28(30)31-16-8-5-2/h9-11,13-14,18-20,22H,4-8,12,15-17,21H2,1-3H3. The molecule has 0 bridgehead atoms. The third-order valence-corrected chi connectivity index (χ3v) is 6.56. The van der Waals surface area contributed by atoms with Crippen molar-refractivity contribution in [2.24, 2.45) is 5.92 Å². The molecule has 0 aromatic heterocycles. The van der Waals surface area contributed by atoms with Gasteiger partial charge < -0.3 is 9.47 Å². The largest absolute Gasteiger partial charge is 0.465 e. The Bertz CT molecular complexity index is 850. The molecule has 0 fully saturated rings. The fourth-order valence-electron chi connectivity index (χ4n) is 3.42. The van der Waals surface area contributed by atoms with Crippen LogP contribution in [0.2, 0.25) is 0 Å². The lowest BCUT2D eigenvalue weighted by atomic mass is 10.0. The first-order valence-corrected chi connectivity index (χ1v) is 13.2. The molecule has 2 aromatic carbocycles. The quantitative estimate of drug-likeness (QED) is 0.153. The lowest BCUT2D eigenvalue weighted by Crippen LogP contribution is -2.14. The summed E-state index contributed by atoms with van der Waals surface area (Å²) in [6.07, 6.45) is 6.66. The van der Waals surface area contributed by atoms with Gasteiger partial charge in [-0.25, -0.2) is 4.79 Å². The summed E-state index contributed by atoms with van der Waals surface area (Å²) in [6.45, 7) is 7.33. The Morgan fingerprint density at radius 1 is 0.909 bits per heavy atom. The van der Waals surface area contributed by atoms with Gasteiger partial charge in [0.1, 0.15) is 0 Å². The molecule has 0 aliphatic carbocycles. The van der Waals surface area contributed by atoms with E-state index in [-0.39, 0.29) is 11.9 Å². The summed E-state index contributed by atoms with van der Waals surface area (Å²) in [5.74, 6) is 0.592. The molecule has 0 saturated carbocycles. The van der Waals surface area contributed by atoms with Gasteiger partial charge in [-0.15, -0.1) is 11.8 Å². The predicted octanol–water partition coefficient (Wildman–Crippen LogP) is 7.55. The number of rotatable bonds is 15. The van der Waals surface area contributed by atoms with E-state index in [2.05, 4.69) is 26.8 Å². The third-order valence-electron chi connectivity index (χ3n) is 5.58. The summed E-state index contributed by atoms with van der Waals surface area (Å²) in [7, 11) is 0. The van der Waals surface area contributed by atoms with Crippen LogP contribution in [0.25, 0.3) is 11.1 Å². The van der Waals surface area contributed by atoms with E-state index in [1.54, 1.807) is 11.8 Å². The minimum Gasteiger partial charge on any atom is -0.465 e. The average molecular weight is 471 g/mol. The molecule has 4 nitrogen and oxygen atoms in total. The van der Waals surface area contributed by atoms with Crippen LogP contribution in [-0.4, -0.2) is 30.9 Å². The third kappa shape index (κ3) is 10.0. The maximum absolute atomic E-state index is 12.6. The first-order valence-electron chi connectivity index (χ1n) is 12.2. The Morgan fingerprint density at radius 3 is 2.36 bits per heavy atom. The maximum Gasteiger partial charge on any atom is 0.338 e. The molecule has 33 heavy (non-hydrogen) atoms. The van der Waals surface area contributed by atoms with E-state index in [1.165, 1.54) is 6.42 Å². The van der Waals surface area contributed by atoms with Crippen molar-refractivity contribution < 1.29 is 19.1 Å². The summed E-state index contributed by atoms with van der Waals surface area (Å²) >= 11 is 1.56. The molecule has 0 N–H and O–H groups in total. The van der Waals surface area contributed by atoms with E-state index in [0.717, 1.165) is 48.1 Å². The fraction of sp³-hybridized carbons (Fsp3) is 0.500. The van der Waals surface area contributed by atoms with Gasteiger partial charge in [-0.3, -0.25) is 4.79 Å². The Balaban J connectivity index is 1.99. The van der Waals surface area contributed by atoms with Crippen LogP contribution in [0.1, 0.15) is 76.1 Å². The summed E-state index contributed by atoms with van der Waals surface area (Å²) in [5.41, 5.74) is 2.55. The number of ether oxygens (including phenoxy) is 2. The Morgan fingerprint density at radius 2 is 1.67 bits per heavy atom. The highest BCUT2D eigenvalue weighted by molar-refractivity contribution is 7.99. The van der Waals surface area contributed by atoms with Crippen molar-refractivity contribution in [1.29, 1.82) is 0 Å². The first kappa shape index (κ1) is 27.0. The van der Waals surface area contributed by atoms with E-state index in [4.69, 9.17) is 9.47 Å². The van der Waals surface area contributed by atoms with Crippen molar-refractivity contribution in [1.82, 2.24) is 0 Å². The smallest absolute Gasteiger partial charge is 0.338 e. The van der Waals surface area contributed by atoms with Gasteiger partial charge in [0.2, 0.25) is 0 Å². The van der Waals surface area contributed by atoms with Crippen molar-refractivity contribution in [2.75, 3.05) is 19.0 Å². The van der Waals surface area contributed by atoms with Crippen LogP contribution in [0.15, 0.2) is 53.4 Å². The zero-order valence-corrected chi connectivity index (χ0v) is 21.1. The van der Waals surface area contributed by atoms with E-state index < -0.39 is 0 Å². The van der Waals surface area contributed by atoms with Gasteiger partial charge >= 0.3 is 11.9 Å². The Labute approximate surface area is 203 Å². The summed E-state index contributed by atoms with van der Waals surface area (Å²) in [6, 6.07) is 15.8. The van der Waals surface area contributed by atoms with Crippen molar-refractivity contribution in [3.63, 3.8) is 0 Å². The van der Waals surface area contributed by atoms with E-state index in [9.17, 15) is 9.59 Å². The van der Waals surface area contributed by atoms with Crippen molar-refractivity contribution in [3.8, 4) is 11.1 Å². The molecule has 0 aliphatic rings. The average Bonchev–Trinajstić information content (AvgIpc) is 2.84. The molecule has 1 unspecified atom stereocenters. The molecule has 0 amide bonds. The number of hydrogen-bond acceptors (Lipinski definition) is 5. The highest BCUT2D eigenvalue weighted by atomic mass is 32.2. The van der Waals surface area contributed by atoms with E-state index >= 15 is 0 Å². The maximum atomic E-state index is 12.6. The number of hydrogen-bond donors (Lipinski definition) is 0. The molecule has 2 aromatic rings. The lowest BCUT2D eigenvalue weighted by molar-refractivity contribution is -0.144. The SMILES string of the molecule is CCCCOC(=O)c1cc(SCCC(=O)OCC(CC)CCCC)cc(-c2ccccc2)c1. The zero-order chi connectivity index (χ0) is 23.9. The van der Waals surface area contributed by atoms with Crippen LogP contribution in [0.4, 0.5) is 0 Å². The number of esters is 2. The van der Waals surface area contributed by atoms with Gasteiger partial charge in [-0.05, 0) is 48.1 Å². The van der Waals surface area contributed by atoms with Gasteiger partial charge in [0.15, 0.2) is 0 Å². The normalized spacial score (nSPS) is 11.7. The van der Waals surface area contributed by atoms with E-state index in [1.807, 2.05) is 42.5 Å². The molecule has 0 spiro atoms. The Hall–Kier alpha value is -2.27. The second-order valence-electron chi connectivity index (χ2n) is 8.30. The van der Waals surface area contributed by atoms with Crippen LogP contribution >= 0.6 is 11.8 Å². The molecular formula is C28H38O4S. The number of carbonyl (C=O) groups excluding carboxylic acids is 2. The molecule has 0 saturated heterocycles. The minimum atomic E-state index is -0.305. The van der Waals surface area contributed by atoms with Crippen molar-refractivity contribution >= 4 is 23.7 Å². The van der Waals surface area contributed by atoms with Gasteiger partial charge in [0, 0.05) is 10.6 Å². The number of thioether (sulfide) groups is 1. The van der Waals surface area contributed by atoms with E-state index in [0.29, 0.717) is 36.9 Å². The van der Waals surface area contributed by atoms with Crippen molar-refractivity contribution in [2.45, 2.75) is 70.6 Å². The highest BCUT2D eigenvalue weighted by Crippen LogP contribution is 2.29. The second kappa shape index (κ2) is 15.5. The molecule has 5 heteroatoms. The molecule has 0 radical (unpaired) electrons. The summed E-state index contributed by atoms with van der Waals surface area (Å²) in [4.78, 5) is 25.8. The van der Waals surface area contributed by atoms with Gasteiger partial charge in [-0.2, -0.15) is 0 Å². The lowest BCUT2D eigenvalue weighted by Gasteiger charge is -2.14. The molecule has 0 heterocycles. The van der Waals surface area contributed by atoms with Crippen LogP contribution in [-0.2, 0) is 14.3 Å². The monoisotopic (exact) mass is 470 g/mol. The molecule has 1 atom stereocenters. The molecular weight excluding hydrogens is 432 g/mol. The van der Waals surface area contributed by atoms with Crippen LogP contribution in [0.5, 0.6) is 0 Å². The summed E-state index contributed by atoms with van der Waals surface area (Å²) in [5, 5.41) is 0. The molecule has 0 aliphatic heterocycles. The summed E-state index contributed by atoms with van der Waals surface area (Å²) < 4.78 is 10.9.